The van der Waals surface area contributed by atoms with Crippen LogP contribution in [-0.4, -0.2) is 29.4 Å². The van der Waals surface area contributed by atoms with Gasteiger partial charge in [-0.1, -0.05) is 11.6 Å². The van der Waals surface area contributed by atoms with Gasteiger partial charge in [-0.15, -0.1) is 0 Å². The second-order valence-corrected chi connectivity index (χ2v) is 7.76. The number of fused-ring (bicyclic) bond motifs is 1. The molecule has 0 saturated heterocycles. The highest BCUT2D eigenvalue weighted by Gasteiger charge is 2.64. The lowest BCUT2D eigenvalue weighted by Crippen LogP contribution is -2.43. The molecule has 3 N–H and O–H groups in total. The summed E-state index contributed by atoms with van der Waals surface area (Å²) in [7, 11) is 0. The molecule has 1 amide bonds. The van der Waals surface area contributed by atoms with Crippen LogP contribution in [0.5, 0.6) is 0 Å². The Hall–Kier alpha value is -3.32. The third kappa shape index (κ3) is 3.45. The van der Waals surface area contributed by atoms with Crippen molar-refractivity contribution in [1.82, 2.24) is 4.98 Å². The van der Waals surface area contributed by atoms with E-state index < -0.39 is 41.7 Å². The topological polar surface area (TPSA) is 113 Å². The maximum Gasteiger partial charge on any atom is 0.283 e. The van der Waals surface area contributed by atoms with Gasteiger partial charge in [-0.3, -0.25) is 4.79 Å². The number of rotatable bonds is 4. The van der Waals surface area contributed by atoms with Crippen LogP contribution >= 0.6 is 11.6 Å². The lowest BCUT2D eigenvalue weighted by atomic mass is 9.83. The Bertz CT molecular complexity index is 1170. The zero-order valence-corrected chi connectivity index (χ0v) is 16.8. The molecule has 0 spiro atoms. The summed E-state index contributed by atoms with van der Waals surface area (Å²) in [6.45, 7) is 1.39. The SMILES string of the molecule is Cc1cc(NC(=O)c2ncc(C#N)cc2Cl)cc([C@@]2(C(F)F)N=C(N)O[C@@H]3CC32)c1F. The largest absolute Gasteiger partial charge is 0.462 e. The number of aromatic nitrogens is 1. The number of ether oxygens (including phenoxy) is 1. The summed E-state index contributed by atoms with van der Waals surface area (Å²) in [6.07, 6.45) is -2.19. The van der Waals surface area contributed by atoms with E-state index in [1.165, 1.54) is 25.3 Å². The number of amides is 1. The Labute approximate surface area is 179 Å². The van der Waals surface area contributed by atoms with Crippen LogP contribution in [0.2, 0.25) is 5.02 Å². The second kappa shape index (κ2) is 7.42. The van der Waals surface area contributed by atoms with E-state index in [4.69, 9.17) is 27.3 Å². The number of aliphatic imine (C=N–C) groups is 1. The number of pyridine rings is 1. The number of amidine groups is 1. The van der Waals surface area contributed by atoms with E-state index in [1.807, 2.05) is 6.07 Å². The molecule has 11 heteroatoms. The lowest BCUT2D eigenvalue weighted by molar-refractivity contribution is 0.0176. The summed E-state index contributed by atoms with van der Waals surface area (Å²) < 4.78 is 48.8. The van der Waals surface area contributed by atoms with Gasteiger partial charge in [0.1, 0.15) is 23.7 Å². The molecule has 0 bridgehead atoms. The number of aryl methyl sites for hydroxylation is 1. The van der Waals surface area contributed by atoms with Gasteiger partial charge in [0.25, 0.3) is 18.4 Å². The zero-order chi connectivity index (χ0) is 22.5. The Morgan fingerprint density at radius 1 is 1.45 bits per heavy atom. The molecule has 1 aliphatic carbocycles. The summed E-state index contributed by atoms with van der Waals surface area (Å²) >= 11 is 6.00. The number of carbonyl (C=O) groups is 1. The van der Waals surface area contributed by atoms with E-state index in [2.05, 4.69) is 15.3 Å². The lowest BCUT2D eigenvalue weighted by Gasteiger charge is -2.33. The molecule has 1 saturated carbocycles. The molecule has 31 heavy (non-hydrogen) atoms. The first-order valence-corrected chi connectivity index (χ1v) is 9.53. The van der Waals surface area contributed by atoms with Crippen molar-refractivity contribution in [2.75, 3.05) is 5.32 Å². The van der Waals surface area contributed by atoms with Crippen molar-refractivity contribution in [3.63, 3.8) is 0 Å². The Morgan fingerprint density at radius 2 is 2.19 bits per heavy atom. The molecule has 1 fully saturated rings. The van der Waals surface area contributed by atoms with Crippen LogP contribution in [-0.2, 0) is 10.3 Å². The molecule has 1 aliphatic heterocycles. The number of hydrogen-bond donors (Lipinski definition) is 2. The molecule has 4 rings (SSSR count). The summed E-state index contributed by atoms with van der Waals surface area (Å²) in [5, 5.41) is 11.3. The average Bonchev–Trinajstić information content (AvgIpc) is 3.49. The highest BCUT2D eigenvalue weighted by molar-refractivity contribution is 6.34. The summed E-state index contributed by atoms with van der Waals surface area (Å²) in [5.41, 5.74) is 3.06. The number of benzene rings is 1. The van der Waals surface area contributed by atoms with Crippen LogP contribution in [0.25, 0.3) is 0 Å². The van der Waals surface area contributed by atoms with Crippen molar-refractivity contribution in [2.45, 2.75) is 31.4 Å². The van der Waals surface area contributed by atoms with Gasteiger partial charge in [-0.05, 0) is 37.1 Å². The van der Waals surface area contributed by atoms with Crippen molar-refractivity contribution >= 4 is 29.2 Å². The predicted molar refractivity (Wildman–Crippen MR) is 105 cm³/mol. The number of hydrogen-bond acceptors (Lipinski definition) is 6. The maximum atomic E-state index is 15.0. The van der Waals surface area contributed by atoms with E-state index in [0.29, 0.717) is 0 Å². The van der Waals surface area contributed by atoms with Crippen LogP contribution in [0.3, 0.4) is 0 Å². The molecule has 1 unspecified atom stereocenters. The Morgan fingerprint density at radius 3 is 2.84 bits per heavy atom. The van der Waals surface area contributed by atoms with Crippen LogP contribution < -0.4 is 11.1 Å². The molecule has 1 aromatic carbocycles. The predicted octanol–water partition coefficient (Wildman–Crippen LogP) is 3.50. The minimum atomic E-state index is -3.06. The molecule has 1 aromatic heterocycles. The molecule has 160 valence electrons. The fraction of sp³-hybridized carbons (Fsp3) is 0.300. The van der Waals surface area contributed by atoms with Crippen molar-refractivity contribution in [3.05, 3.63) is 57.6 Å². The number of anilines is 1. The standard InChI is InChI=1S/C20H15ClF3N5O2/c1-8-2-10(28-17(30)16-13(21)3-9(6-25)7-27-16)4-12(15(8)22)20(18(23)24)11-5-14(11)31-19(26)29-20/h2-4,7,11,14,18H,5H2,1H3,(H2,26,29)(H,28,30)/t11?,14-,20+/m1/s1. The van der Waals surface area contributed by atoms with E-state index in [1.54, 1.807) is 0 Å². The fourth-order valence-corrected chi connectivity index (χ4v) is 4.04. The minimum Gasteiger partial charge on any atom is -0.462 e. The van der Waals surface area contributed by atoms with E-state index in [0.717, 1.165) is 6.07 Å². The Balaban J connectivity index is 1.75. The van der Waals surface area contributed by atoms with Crippen LogP contribution in [0.15, 0.2) is 29.4 Å². The maximum absolute atomic E-state index is 15.0. The van der Waals surface area contributed by atoms with Gasteiger partial charge >= 0.3 is 0 Å². The molecule has 2 heterocycles. The number of halogens is 4. The number of nitriles is 1. The molecule has 0 radical (unpaired) electrons. The number of nitrogens with one attached hydrogen (secondary N) is 1. The van der Waals surface area contributed by atoms with Crippen molar-refractivity contribution < 1.29 is 22.7 Å². The van der Waals surface area contributed by atoms with Gasteiger partial charge < -0.3 is 15.8 Å². The van der Waals surface area contributed by atoms with E-state index >= 15 is 4.39 Å². The highest BCUT2D eigenvalue weighted by atomic mass is 35.5. The van der Waals surface area contributed by atoms with Gasteiger partial charge in [0.15, 0.2) is 5.54 Å². The molecule has 2 aliphatic rings. The first-order chi connectivity index (χ1) is 14.7. The zero-order valence-electron chi connectivity index (χ0n) is 16.0. The quantitative estimate of drug-likeness (QED) is 0.741. The van der Waals surface area contributed by atoms with Gasteiger partial charge in [0, 0.05) is 23.4 Å². The molecule has 7 nitrogen and oxygen atoms in total. The molecular weight excluding hydrogens is 435 g/mol. The van der Waals surface area contributed by atoms with Gasteiger partial charge in [-0.25, -0.2) is 23.1 Å². The summed E-state index contributed by atoms with van der Waals surface area (Å²) in [5.74, 6) is -2.36. The van der Waals surface area contributed by atoms with Crippen molar-refractivity contribution in [1.29, 1.82) is 5.26 Å². The van der Waals surface area contributed by atoms with Gasteiger partial charge in [-0.2, -0.15) is 5.26 Å². The minimum absolute atomic E-state index is 0.0316. The number of carbonyl (C=O) groups excluding carboxylic acids is 1. The number of nitrogens with two attached hydrogens (primary N) is 1. The van der Waals surface area contributed by atoms with Crippen LogP contribution in [0.1, 0.15) is 33.6 Å². The van der Waals surface area contributed by atoms with Crippen molar-refractivity contribution in [3.8, 4) is 6.07 Å². The van der Waals surface area contributed by atoms with Crippen LogP contribution in [0.4, 0.5) is 18.9 Å². The third-order valence-electron chi connectivity index (χ3n) is 5.33. The number of alkyl halides is 2. The first-order valence-electron chi connectivity index (χ1n) is 9.15. The fourth-order valence-electron chi connectivity index (χ4n) is 3.79. The Kier molecular flexibility index (Phi) is 5.01. The summed E-state index contributed by atoms with van der Waals surface area (Å²) in [6, 6.07) is 5.09. The third-order valence-corrected chi connectivity index (χ3v) is 5.61. The summed E-state index contributed by atoms with van der Waals surface area (Å²) in [4.78, 5) is 20.3. The van der Waals surface area contributed by atoms with Crippen molar-refractivity contribution in [2.24, 2.45) is 16.6 Å². The van der Waals surface area contributed by atoms with E-state index in [9.17, 15) is 13.6 Å². The van der Waals surface area contributed by atoms with Gasteiger partial charge in [0.05, 0.1) is 10.6 Å². The van der Waals surface area contributed by atoms with Crippen LogP contribution in [0, 0.1) is 30.0 Å². The second-order valence-electron chi connectivity index (χ2n) is 7.35. The number of nitrogens with zero attached hydrogens (tertiary/aromatic N) is 3. The van der Waals surface area contributed by atoms with Gasteiger partial charge in [0.2, 0.25) is 0 Å². The highest BCUT2D eigenvalue weighted by Crippen LogP contribution is 2.56. The normalized spacial score (nSPS) is 24.0. The first kappa shape index (κ1) is 20.9. The smallest absolute Gasteiger partial charge is 0.283 e. The monoisotopic (exact) mass is 449 g/mol. The van der Waals surface area contributed by atoms with E-state index in [-0.39, 0.29) is 39.5 Å². The average molecular weight is 450 g/mol. The molecular formula is C20H15ClF3N5O2. The molecule has 2 aromatic rings. The molecule has 3 atom stereocenters.